The van der Waals surface area contributed by atoms with Gasteiger partial charge in [0.15, 0.2) is 5.82 Å². The number of hydrogen-bond acceptors (Lipinski definition) is 5. The molecule has 16 heavy (non-hydrogen) atoms. The number of aromatic nitrogens is 2. The highest BCUT2D eigenvalue weighted by Crippen LogP contribution is 2.19. The molecule has 0 aliphatic rings. The summed E-state index contributed by atoms with van der Waals surface area (Å²) in [5.41, 5.74) is 0.801. The smallest absolute Gasteiger partial charge is 0.257 e. The SMILES string of the molecule is CN(C)Cc1noc(-c2ccc(O)cc2)n1. The van der Waals surface area contributed by atoms with E-state index in [0.717, 1.165) is 5.56 Å². The number of aromatic hydroxyl groups is 1. The average molecular weight is 219 g/mol. The van der Waals surface area contributed by atoms with Crippen LogP contribution < -0.4 is 0 Å². The lowest BCUT2D eigenvalue weighted by atomic mass is 10.2. The summed E-state index contributed by atoms with van der Waals surface area (Å²) in [7, 11) is 3.88. The van der Waals surface area contributed by atoms with Crippen molar-refractivity contribution in [2.75, 3.05) is 14.1 Å². The first-order chi connectivity index (χ1) is 7.65. The second-order valence-corrected chi connectivity index (χ2v) is 3.80. The van der Waals surface area contributed by atoms with Crippen molar-refractivity contribution in [1.82, 2.24) is 15.0 Å². The van der Waals surface area contributed by atoms with Crippen molar-refractivity contribution in [3.05, 3.63) is 30.1 Å². The first-order valence-electron chi connectivity index (χ1n) is 4.92. The number of hydrogen-bond donors (Lipinski definition) is 1. The molecule has 0 aliphatic carbocycles. The van der Waals surface area contributed by atoms with Crippen LogP contribution in [-0.2, 0) is 6.54 Å². The van der Waals surface area contributed by atoms with Crippen LogP contribution in [0.4, 0.5) is 0 Å². The Morgan fingerprint density at radius 2 is 1.94 bits per heavy atom. The lowest BCUT2D eigenvalue weighted by Crippen LogP contribution is -2.11. The van der Waals surface area contributed by atoms with E-state index in [9.17, 15) is 0 Å². The van der Waals surface area contributed by atoms with Crippen molar-refractivity contribution in [1.29, 1.82) is 0 Å². The van der Waals surface area contributed by atoms with Crippen molar-refractivity contribution < 1.29 is 9.63 Å². The minimum absolute atomic E-state index is 0.219. The van der Waals surface area contributed by atoms with Gasteiger partial charge in [-0.25, -0.2) is 0 Å². The third-order valence-corrected chi connectivity index (χ3v) is 2.04. The van der Waals surface area contributed by atoms with Gasteiger partial charge in [0.2, 0.25) is 0 Å². The van der Waals surface area contributed by atoms with E-state index in [2.05, 4.69) is 10.1 Å². The van der Waals surface area contributed by atoms with Gasteiger partial charge in [-0.3, -0.25) is 0 Å². The van der Waals surface area contributed by atoms with E-state index in [-0.39, 0.29) is 5.75 Å². The largest absolute Gasteiger partial charge is 0.508 e. The van der Waals surface area contributed by atoms with E-state index >= 15 is 0 Å². The predicted molar refractivity (Wildman–Crippen MR) is 58.8 cm³/mol. The molecule has 0 fully saturated rings. The van der Waals surface area contributed by atoms with Crippen LogP contribution in [0.15, 0.2) is 28.8 Å². The fraction of sp³-hybridized carbons (Fsp3) is 0.273. The minimum atomic E-state index is 0.219. The molecule has 1 heterocycles. The van der Waals surface area contributed by atoms with E-state index in [1.54, 1.807) is 24.3 Å². The Kier molecular flexibility index (Phi) is 2.87. The molecular weight excluding hydrogens is 206 g/mol. The van der Waals surface area contributed by atoms with Gasteiger partial charge in [-0.2, -0.15) is 4.98 Å². The Morgan fingerprint density at radius 3 is 2.56 bits per heavy atom. The van der Waals surface area contributed by atoms with E-state index in [1.807, 2.05) is 19.0 Å². The highest BCUT2D eigenvalue weighted by molar-refractivity contribution is 5.53. The molecule has 1 aromatic carbocycles. The van der Waals surface area contributed by atoms with Crippen LogP contribution in [0.3, 0.4) is 0 Å². The molecule has 0 spiro atoms. The van der Waals surface area contributed by atoms with Crippen molar-refractivity contribution in [2.24, 2.45) is 0 Å². The van der Waals surface area contributed by atoms with Crippen molar-refractivity contribution in [3.63, 3.8) is 0 Å². The topological polar surface area (TPSA) is 62.4 Å². The van der Waals surface area contributed by atoms with E-state index in [1.165, 1.54) is 0 Å². The molecule has 0 saturated heterocycles. The van der Waals surface area contributed by atoms with E-state index in [0.29, 0.717) is 18.3 Å². The number of rotatable bonds is 3. The van der Waals surface area contributed by atoms with Crippen LogP contribution in [0.25, 0.3) is 11.5 Å². The molecule has 2 rings (SSSR count). The molecule has 1 aromatic heterocycles. The number of benzene rings is 1. The lowest BCUT2D eigenvalue weighted by molar-refractivity contribution is 0.365. The highest BCUT2D eigenvalue weighted by Gasteiger charge is 2.08. The normalized spacial score (nSPS) is 10.9. The van der Waals surface area contributed by atoms with Crippen molar-refractivity contribution >= 4 is 0 Å². The molecule has 5 nitrogen and oxygen atoms in total. The van der Waals surface area contributed by atoms with Gasteiger partial charge in [-0.05, 0) is 38.4 Å². The Morgan fingerprint density at radius 1 is 1.25 bits per heavy atom. The molecule has 0 atom stereocenters. The second kappa shape index (κ2) is 4.32. The van der Waals surface area contributed by atoms with Gasteiger partial charge < -0.3 is 14.5 Å². The first kappa shape index (κ1) is 10.6. The van der Waals surface area contributed by atoms with Crippen LogP contribution in [0.2, 0.25) is 0 Å². The Labute approximate surface area is 93.3 Å². The fourth-order valence-electron chi connectivity index (χ4n) is 1.32. The second-order valence-electron chi connectivity index (χ2n) is 3.80. The maximum absolute atomic E-state index is 9.15. The molecule has 0 amide bonds. The summed E-state index contributed by atoms with van der Waals surface area (Å²) in [6, 6.07) is 6.65. The number of phenols is 1. The standard InChI is InChI=1S/C11H13N3O2/c1-14(2)7-10-12-11(16-13-10)8-3-5-9(15)6-4-8/h3-6,15H,7H2,1-2H3. The summed E-state index contributed by atoms with van der Waals surface area (Å²) >= 11 is 0. The van der Waals surface area contributed by atoms with Gasteiger partial charge >= 0.3 is 0 Å². The first-order valence-corrected chi connectivity index (χ1v) is 4.92. The molecule has 0 aliphatic heterocycles. The Hall–Kier alpha value is -1.88. The van der Waals surface area contributed by atoms with Gasteiger partial charge in [0, 0.05) is 5.56 Å². The molecular formula is C11H13N3O2. The third kappa shape index (κ3) is 2.38. The molecule has 2 aromatic rings. The van der Waals surface area contributed by atoms with Gasteiger partial charge in [0.25, 0.3) is 5.89 Å². The molecule has 84 valence electrons. The molecule has 0 unspecified atom stereocenters. The Balaban J connectivity index is 2.21. The summed E-state index contributed by atoms with van der Waals surface area (Å²) < 4.78 is 5.12. The summed E-state index contributed by atoms with van der Waals surface area (Å²) in [5.74, 6) is 1.33. The molecule has 0 saturated carbocycles. The van der Waals surface area contributed by atoms with Gasteiger partial charge in [0.05, 0.1) is 6.54 Å². The quantitative estimate of drug-likeness (QED) is 0.847. The zero-order valence-corrected chi connectivity index (χ0v) is 9.21. The lowest BCUT2D eigenvalue weighted by Gasteiger charge is -2.03. The van der Waals surface area contributed by atoms with Gasteiger partial charge in [0.1, 0.15) is 5.75 Å². The predicted octanol–water partition coefficient (Wildman–Crippen LogP) is 1.50. The van der Waals surface area contributed by atoms with Crippen LogP contribution in [0.1, 0.15) is 5.82 Å². The van der Waals surface area contributed by atoms with Gasteiger partial charge in [-0.1, -0.05) is 5.16 Å². The zero-order valence-electron chi connectivity index (χ0n) is 9.21. The molecule has 5 heteroatoms. The molecule has 1 N–H and O–H groups in total. The summed E-state index contributed by atoms with van der Waals surface area (Å²) in [5, 5.41) is 13.0. The fourth-order valence-corrected chi connectivity index (χ4v) is 1.32. The highest BCUT2D eigenvalue weighted by atomic mass is 16.5. The minimum Gasteiger partial charge on any atom is -0.508 e. The van der Waals surface area contributed by atoms with Crippen LogP contribution in [-0.4, -0.2) is 34.2 Å². The van der Waals surface area contributed by atoms with E-state index in [4.69, 9.17) is 9.63 Å². The van der Waals surface area contributed by atoms with Crippen LogP contribution in [0.5, 0.6) is 5.75 Å². The maximum atomic E-state index is 9.15. The Bertz CT molecular complexity index is 462. The molecule has 0 radical (unpaired) electrons. The number of phenolic OH excluding ortho intramolecular Hbond substituents is 1. The van der Waals surface area contributed by atoms with Crippen LogP contribution >= 0.6 is 0 Å². The van der Waals surface area contributed by atoms with Crippen LogP contribution in [0, 0.1) is 0 Å². The summed E-state index contributed by atoms with van der Waals surface area (Å²) in [6.45, 7) is 0.640. The zero-order chi connectivity index (χ0) is 11.5. The average Bonchev–Trinajstić information content (AvgIpc) is 2.66. The van der Waals surface area contributed by atoms with E-state index < -0.39 is 0 Å². The monoisotopic (exact) mass is 219 g/mol. The van der Waals surface area contributed by atoms with Crippen molar-refractivity contribution in [2.45, 2.75) is 6.54 Å². The number of nitrogens with zero attached hydrogens (tertiary/aromatic N) is 3. The van der Waals surface area contributed by atoms with Crippen molar-refractivity contribution in [3.8, 4) is 17.2 Å². The third-order valence-electron chi connectivity index (χ3n) is 2.04. The molecule has 0 bridgehead atoms. The maximum Gasteiger partial charge on any atom is 0.257 e. The summed E-state index contributed by atoms with van der Waals surface area (Å²) in [4.78, 5) is 6.21. The van der Waals surface area contributed by atoms with Gasteiger partial charge in [-0.15, -0.1) is 0 Å². The summed E-state index contributed by atoms with van der Waals surface area (Å²) in [6.07, 6.45) is 0.